The van der Waals surface area contributed by atoms with E-state index in [1.54, 1.807) is 23.3 Å². The van der Waals surface area contributed by atoms with Crippen LogP contribution in [0.2, 0.25) is 0 Å². The van der Waals surface area contributed by atoms with Gasteiger partial charge in [-0.1, -0.05) is 11.3 Å². The van der Waals surface area contributed by atoms with E-state index in [1.165, 1.54) is 4.90 Å². The van der Waals surface area contributed by atoms with Crippen molar-refractivity contribution in [1.29, 1.82) is 0 Å². The zero-order valence-electron chi connectivity index (χ0n) is 23.3. The fourth-order valence-electron chi connectivity index (χ4n) is 5.41. The molecule has 15 heteroatoms. The minimum atomic E-state index is -1.31. The predicted molar refractivity (Wildman–Crippen MR) is 146 cm³/mol. The highest BCUT2D eigenvalue weighted by molar-refractivity contribution is 5.90. The molecular weight excluding hydrogens is 548 g/mol. The molecule has 0 aromatic carbocycles. The fraction of sp³-hybridized carbons (Fsp3) is 0.630. The number of rotatable bonds is 8. The Bertz CT molecular complexity index is 1210. The van der Waals surface area contributed by atoms with Crippen molar-refractivity contribution in [3.8, 4) is 0 Å². The summed E-state index contributed by atoms with van der Waals surface area (Å²) < 4.78 is 12.8. The molecule has 3 aliphatic heterocycles. The van der Waals surface area contributed by atoms with Crippen LogP contribution in [0, 0.1) is 0 Å². The number of nitrogens with one attached hydrogen (secondary N) is 3. The number of ether oxygens (including phenoxy) is 2. The van der Waals surface area contributed by atoms with Crippen molar-refractivity contribution in [3.05, 3.63) is 42.0 Å². The van der Waals surface area contributed by atoms with Crippen LogP contribution in [-0.4, -0.2) is 129 Å². The van der Waals surface area contributed by atoms with Crippen molar-refractivity contribution >= 4 is 17.7 Å². The van der Waals surface area contributed by atoms with Gasteiger partial charge in [0.05, 0.1) is 31.3 Å². The molecule has 2 aromatic heterocycles. The lowest BCUT2D eigenvalue weighted by molar-refractivity contribution is -0.139. The van der Waals surface area contributed by atoms with Crippen molar-refractivity contribution in [2.75, 3.05) is 39.4 Å². The van der Waals surface area contributed by atoms with Gasteiger partial charge < -0.3 is 40.5 Å². The summed E-state index contributed by atoms with van der Waals surface area (Å²) in [5.41, 5.74) is 1.40. The first-order valence-corrected chi connectivity index (χ1v) is 14.3. The van der Waals surface area contributed by atoms with Crippen molar-refractivity contribution in [2.45, 2.75) is 68.7 Å². The van der Waals surface area contributed by atoms with Crippen molar-refractivity contribution < 1.29 is 34.1 Å². The Morgan fingerprint density at radius 1 is 1.12 bits per heavy atom. The van der Waals surface area contributed by atoms with Gasteiger partial charge in [-0.25, -0.2) is 4.68 Å². The first-order valence-electron chi connectivity index (χ1n) is 14.3. The Balaban J connectivity index is 1.28. The highest BCUT2D eigenvalue weighted by Gasteiger charge is 2.44. The fourth-order valence-corrected chi connectivity index (χ4v) is 5.41. The molecule has 42 heavy (non-hydrogen) atoms. The number of amides is 3. The lowest BCUT2D eigenvalue weighted by atomic mass is 10.0. The lowest BCUT2D eigenvalue weighted by Crippen LogP contribution is -2.53. The van der Waals surface area contributed by atoms with E-state index in [0.29, 0.717) is 32.0 Å². The van der Waals surface area contributed by atoms with Gasteiger partial charge in [0.1, 0.15) is 24.4 Å². The smallest absolute Gasteiger partial charge is 0.243 e. The maximum absolute atomic E-state index is 13.3. The number of fused-ring (bicyclic) bond motifs is 2. The van der Waals surface area contributed by atoms with Gasteiger partial charge in [0, 0.05) is 63.9 Å². The Morgan fingerprint density at radius 2 is 1.93 bits per heavy atom. The van der Waals surface area contributed by atoms with Crippen molar-refractivity contribution in [1.82, 2.24) is 40.8 Å². The van der Waals surface area contributed by atoms with E-state index in [2.05, 4.69) is 31.2 Å². The maximum Gasteiger partial charge on any atom is 0.243 e. The molecule has 5 rings (SSSR count). The molecule has 15 nitrogen and oxygen atoms in total. The molecule has 228 valence electrons. The average Bonchev–Trinajstić information content (AvgIpc) is 3.54. The molecule has 0 radical (unpaired) electrons. The summed E-state index contributed by atoms with van der Waals surface area (Å²) in [6.45, 7) is 2.06. The number of aromatic nitrogens is 4. The van der Waals surface area contributed by atoms with E-state index >= 15 is 0 Å². The third-order valence-corrected chi connectivity index (χ3v) is 7.76. The molecule has 0 saturated carbocycles. The molecule has 5 N–H and O–H groups in total. The highest BCUT2D eigenvalue weighted by Crippen LogP contribution is 2.24. The molecule has 5 atom stereocenters. The zero-order valence-corrected chi connectivity index (χ0v) is 23.3. The van der Waals surface area contributed by atoms with E-state index in [-0.39, 0.29) is 38.5 Å². The summed E-state index contributed by atoms with van der Waals surface area (Å²) in [5.74, 6) is -1.43. The molecule has 0 unspecified atom stereocenters. The highest BCUT2D eigenvalue weighted by atomic mass is 16.5. The van der Waals surface area contributed by atoms with Gasteiger partial charge in [-0.15, -0.1) is 5.10 Å². The Hall–Kier alpha value is -3.50. The van der Waals surface area contributed by atoms with Crippen LogP contribution in [0.5, 0.6) is 0 Å². The van der Waals surface area contributed by atoms with Crippen molar-refractivity contribution in [2.24, 2.45) is 0 Å². The maximum atomic E-state index is 13.3. The van der Waals surface area contributed by atoms with Gasteiger partial charge in [0.25, 0.3) is 0 Å². The number of carbonyl (C=O) groups is 3. The third kappa shape index (κ3) is 7.86. The Kier molecular flexibility index (Phi) is 10.1. The number of nitrogens with zero attached hydrogens (tertiary/aromatic N) is 5. The molecule has 3 aliphatic rings. The minimum absolute atomic E-state index is 0.0448. The number of hydrogen-bond donors (Lipinski definition) is 5. The van der Waals surface area contributed by atoms with Crippen LogP contribution in [0.25, 0.3) is 0 Å². The molecule has 2 bridgehead atoms. The number of aliphatic hydroxyl groups is 2. The molecule has 0 aliphatic carbocycles. The standard InChI is InChI=1S/C27H38N8O7/c36-23-16-34(7-6-29-18-3-8-41-9-4-18)24(37)11-21-25(38)26(39)22(42-21)13-30-27(40)20(31-23)10-19-15-35(33-32-19)14-17-2-1-5-28-12-17/h1-2,5,12,15,18,20-22,25-26,29,38-39H,3-4,6-11,13-14,16H2,(H,30,40)(H,31,36)/t20-,21+,22-,25+,26-/m1/s1. The quantitative estimate of drug-likeness (QED) is 0.217. The molecule has 0 spiro atoms. The van der Waals surface area contributed by atoms with Crippen LogP contribution < -0.4 is 16.0 Å². The molecule has 3 amide bonds. The normalized spacial score (nSPS) is 28.0. The largest absolute Gasteiger partial charge is 0.388 e. The first-order chi connectivity index (χ1) is 20.4. The van der Waals surface area contributed by atoms with E-state index in [9.17, 15) is 24.6 Å². The summed E-state index contributed by atoms with van der Waals surface area (Å²) in [6, 6.07) is 2.96. The van der Waals surface area contributed by atoms with Gasteiger partial charge in [0.15, 0.2) is 0 Å². The molecule has 3 saturated heterocycles. The van der Waals surface area contributed by atoms with Gasteiger partial charge >= 0.3 is 0 Å². The molecule has 3 fully saturated rings. The van der Waals surface area contributed by atoms with Crippen LogP contribution >= 0.6 is 0 Å². The third-order valence-electron chi connectivity index (χ3n) is 7.76. The summed E-state index contributed by atoms with van der Waals surface area (Å²) in [6.07, 6.45) is 2.18. The number of aliphatic hydroxyl groups excluding tert-OH is 2. The second kappa shape index (κ2) is 14.1. The van der Waals surface area contributed by atoms with E-state index in [1.807, 2.05) is 12.1 Å². The van der Waals surface area contributed by atoms with Crippen molar-refractivity contribution in [3.63, 3.8) is 0 Å². The van der Waals surface area contributed by atoms with Crippen LogP contribution in [0.3, 0.4) is 0 Å². The monoisotopic (exact) mass is 586 g/mol. The zero-order chi connectivity index (χ0) is 29.5. The van der Waals surface area contributed by atoms with Gasteiger partial charge in [0.2, 0.25) is 17.7 Å². The van der Waals surface area contributed by atoms with Crippen LogP contribution in [0.15, 0.2) is 30.7 Å². The SMILES string of the molecule is O=C1CN(CCNC2CCOCC2)C(=O)C[C@@H]2O[C@H](CNC(=O)[C@@H](Cc3cn(Cc4cccnc4)nn3)N1)[C@@H](O)[C@H]2O. The van der Waals surface area contributed by atoms with Crippen LogP contribution in [0.4, 0.5) is 0 Å². The van der Waals surface area contributed by atoms with Gasteiger partial charge in [-0.2, -0.15) is 0 Å². The second-order valence-corrected chi connectivity index (χ2v) is 10.9. The summed E-state index contributed by atoms with van der Waals surface area (Å²) in [5, 5.41) is 38.2. The summed E-state index contributed by atoms with van der Waals surface area (Å²) >= 11 is 0. The van der Waals surface area contributed by atoms with E-state index < -0.39 is 48.2 Å². The number of carbonyl (C=O) groups excluding carboxylic acids is 3. The lowest BCUT2D eigenvalue weighted by Gasteiger charge is -2.28. The number of hydrogen-bond acceptors (Lipinski definition) is 11. The van der Waals surface area contributed by atoms with E-state index in [4.69, 9.17) is 9.47 Å². The van der Waals surface area contributed by atoms with Crippen LogP contribution in [0.1, 0.15) is 30.5 Å². The summed E-state index contributed by atoms with van der Waals surface area (Å²) in [7, 11) is 0. The molecular formula is C27H38N8O7. The Morgan fingerprint density at radius 3 is 2.71 bits per heavy atom. The van der Waals surface area contributed by atoms with Gasteiger partial charge in [-0.05, 0) is 24.5 Å². The molecule has 5 heterocycles. The van der Waals surface area contributed by atoms with Crippen LogP contribution in [-0.2, 0) is 36.8 Å². The number of pyridine rings is 1. The molecule has 2 aromatic rings. The summed E-state index contributed by atoms with van der Waals surface area (Å²) in [4.78, 5) is 45.2. The topological polar surface area (TPSA) is 193 Å². The minimum Gasteiger partial charge on any atom is -0.388 e. The predicted octanol–water partition coefficient (Wildman–Crippen LogP) is -2.64. The van der Waals surface area contributed by atoms with Gasteiger partial charge in [-0.3, -0.25) is 19.4 Å². The second-order valence-electron chi connectivity index (χ2n) is 10.9. The average molecular weight is 587 g/mol. The van der Waals surface area contributed by atoms with E-state index in [0.717, 1.165) is 18.4 Å². The Labute approximate surface area is 242 Å². The first kappa shape index (κ1) is 30.0.